The van der Waals surface area contributed by atoms with E-state index in [0.717, 1.165) is 5.57 Å². The quantitative estimate of drug-likeness (QED) is 0.258. The van der Waals surface area contributed by atoms with Gasteiger partial charge in [-0.15, -0.1) is 0 Å². The molecule has 1 saturated heterocycles. The molecule has 0 radical (unpaired) electrons. The van der Waals surface area contributed by atoms with Gasteiger partial charge in [0, 0.05) is 47.0 Å². The van der Waals surface area contributed by atoms with E-state index in [2.05, 4.69) is 6.58 Å². The van der Waals surface area contributed by atoms with E-state index in [-0.39, 0.29) is 64.4 Å². The number of aromatic hydroxyl groups is 2. The maximum absolute atomic E-state index is 14.5. The van der Waals surface area contributed by atoms with Crippen molar-refractivity contribution in [3.05, 3.63) is 63.8 Å². The lowest BCUT2D eigenvalue weighted by atomic mass is 9.51. The first kappa shape index (κ1) is 29.8. The average molecular weight is 579 g/mol. The van der Waals surface area contributed by atoms with Gasteiger partial charge in [-0.1, -0.05) is 36.0 Å². The fourth-order valence-electron chi connectivity index (χ4n) is 7.20. The topological polar surface area (TPSA) is 151 Å². The molecule has 9 heteroatoms. The molecule has 2 heterocycles. The van der Waals surface area contributed by atoms with Crippen LogP contribution in [0.5, 0.6) is 17.2 Å². The highest BCUT2D eigenvalue weighted by molar-refractivity contribution is 6.18. The van der Waals surface area contributed by atoms with Crippen molar-refractivity contribution in [1.29, 1.82) is 0 Å². The predicted molar refractivity (Wildman–Crippen MR) is 154 cm³/mol. The number of rotatable bonds is 8. The molecule has 9 nitrogen and oxygen atoms in total. The molecule has 3 aliphatic carbocycles. The minimum Gasteiger partial charge on any atom is -0.507 e. The largest absolute Gasteiger partial charge is 0.507 e. The molecule has 1 aromatic rings. The zero-order valence-corrected chi connectivity index (χ0v) is 24.8. The number of Topliss-reactive ketones (excluding diaryl/α,β-unsaturated/α-hetero) is 2. The van der Waals surface area contributed by atoms with Crippen LogP contribution in [0, 0.1) is 11.8 Å². The summed E-state index contributed by atoms with van der Waals surface area (Å²) in [5, 5.41) is 43.3. The Morgan fingerprint density at radius 3 is 2.38 bits per heavy atom. The lowest BCUT2D eigenvalue weighted by Gasteiger charge is -2.56. The molecule has 42 heavy (non-hydrogen) atoms. The Kier molecular flexibility index (Phi) is 6.86. The number of ketones is 2. The number of benzene rings is 1. The third-order valence-electron chi connectivity index (χ3n) is 9.40. The minimum atomic E-state index is -1.73. The van der Waals surface area contributed by atoms with E-state index < -0.39 is 52.2 Å². The molecule has 4 N–H and O–H groups in total. The fraction of sp³-hybridized carbons (Fsp3) is 0.485. The van der Waals surface area contributed by atoms with Crippen LogP contribution >= 0.6 is 0 Å². The minimum absolute atomic E-state index is 0.0115. The molecule has 0 amide bonds. The lowest BCUT2D eigenvalue weighted by molar-refractivity contribution is -0.171. The van der Waals surface area contributed by atoms with Crippen LogP contribution < -0.4 is 4.74 Å². The Hall–Kier alpha value is -3.69. The van der Waals surface area contributed by atoms with Gasteiger partial charge in [0.1, 0.15) is 22.8 Å². The number of carboxylic acids is 1. The summed E-state index contributed by atoms with van der Waals surface area (Å²) in [7, 11) is 0. The number of hydrogen-bond donors (Lipinski definition) is 4. The molecular formula is C33H38O9. The molecule has 5 unspecified atom stereocenters. The van der Waals surface area contributed by atoms with E-state index in [1.807, 2.05) is 27.7 Å². The van der Waals surface area contributed by atoms with E-state index >= 15 is 0 Å². The Labute approximate surface area is 244 Å². The molecular weight excluding hydrogens is 540 g/mol. The van der Waals surface area contributed by atoms with Crippen molar-refractivity contribution in [3.8, 4) is 17.2 Å². The average Bonchev–Trinajstić information content (AvgIpc) is 3.06. The van der Waals surface area contributed by atoms with Crippen molar-refractivity contribution in [3.63, 3.8) is 0 Å². The Morgan fingerprint density at radius 1 is 1.12 bits per heavy atom. The molecule has 4 bridgehead atoms. The molecule has 6 rings (SSSR count). The van der Waals surface area contributed by atoms with Crippen molar-refractivity contribution in [2.75, 3.05) is 0 Å². The zero-order chi connectivity index (χ0) is 31.1. The molecule has 1 saturated carbocycles. The summed E-state index contributed by atoms with van der Waals surface area (Å²) < 4.78 is 13.4. The van der Waals surface area contributed by atoms with Crippen molar-refractivity contribution in [2.45, 2.75) is 90.1 Å². The van der Waals surface area contributed by atoms with Crippen molar-refractivity contribution in [1.82, 2.24) is 0 Å². The summed E-state index contributed by atoms with van der Waals surface area (Å²) in [6, 6.07) is 0. The number of hydrogen-bond acceptors (Lipinski definition) is 8. The predicted octanol–water partition coefficient (Wildman–Crippen LogP) is 4.51. The number of ether oxygens (including phenoxy) is 2. The van der Waals surface area contributed by atoms with E-state index in [4.69, 9.17) is 9.47 Å². The highest BCUT2D eigenvalue weighted by Gasteiger charge is 2.81. The number of aliphatic hydroxyl groups is 1. The zero-order valence-electron chi connectivity index (χ0n) is 24.8. The van der Waals surface area contributed by atoms with Crippen LogP contribution in [-0.4, -0.2) is 60.9 Å². The van der Waals surface area contributed by atoms with Gasteiger partial charge in [-0.3, -0.25) is 9.59 Å². The first-order valence-corrected chi connectivity index (χ1v) is 14.2. The van der Waals surface area contributed by atoms with Gasteiger partial charge in [0.15, 0.2) is 22.8 Å². The summed E-state index contributed by atoms with van der Waals surface area (Å²) in [6.07, 6.45) is 3.89. The number of aliphatic carboxylic acids is 1. The van der Waals surface area contributed by atoms with Gasteiger partial charge in [-0.05, 0) is 54.4 Å². The number of carboxylic acid groups (broad SMARTS) is 1. The molecule has 224 valence electrons. The van der Waals surface area contributed by atoms with E-state index in [1.54, 1.807) is 19.1 Å². The van der Waals surface area contributed by atoms with Crippen LogP contribution in [0.4, 0.5) is 0 Å². The van der Waals surface area contributed by atoms with Gasteiger partial charge in [0.2, 0.25) is 0 Å². The first-order chi connectivity index (χ1) is 19.5. The number of allylic oxidation sites excluding steroid dienone is 3. The van der Waals surface area contributed by atoms with Crippen molar-refractivity contribution >= 4 is 17.5 Å². The number of phenols is 2. The molecule has 0 aromatic heterocycles. The van der Waals surface area contributed by atoms with Crippen LogP contribution in [0.1, 0.15) is 75.9 Å². The lowest BCUT2D eigenvalue weighted by Crippen LogP contribution is -2.72. The Balaban J connectivity index is 1.81. The van der Waals surface area contributed by atoms with Gasteiger partial charge in [-0.25, -0.2) is 4.79 Å². The second-order valence-corrected chi connectivity index (χ2v) is 12.8. The van der Waals surface area contributed by atoms with Gasteiger partial charge in [0.25, 0.3) is 0 Å². The molecule has 2 fully saturated rings. The van der Waals surface area contributed by atoms with Gasteiger partial charge < -0.3 is 29.9 Å². The van der Waals surface area contributed by atoms with Crippen LogP contribution in [0.2, 0.25) is 0 Å². The first-order valence-electron chi connectivity index (χ1n) is 14.2. The maximum Gasteiger partial charge on any atom is 0.330 e. The SMILES string of the molecule is C=C(C)C(O)Cc1c(O)c(CC=C(C)C)c(O)c2c1OC13C(=CC4CC1C(C)(C)OC3(CC=C(C)C(=O)O)C4=O)C2=O. The Morgan fingerprint density at radius 2 is 1.79 bits per heavy atom. The molecule has 1 spiro atoms. The van der Waals surface area contributed by atoms with E-state index in [0.29, 0.717) is 12.0 Å². The number of fused-ring (bicyclic) bond motifs is 1. The van der Waals surface area contributed by atoms with Gasteiger partial charge in [0.05, 0.1) is 11.7 Å². The summed E-state index contributed by atoms with van der Waals surface area (Å²) in [4.78, 5) is 40.3. The van der Waals surface area contributed by atoms with Crippen LogP contribution in [0.15, 0.2) is 47.1 Å². The second-order valence-electron chi connectivity index (χ2n) is 12.8. The van der Waals surface area contributed by atoms with Crippen LogP contribution in [0.3, 0.4) is 0 Å². The number of phenolic OH excluding ortho intramolecular Hbond substituents is 2. The van der Waals surface area contributed by atoms with E-state index in [9.17, 15) is 34.8 Å². The van der Waals surface area contributed by atoms with Crippen molar-refractivity contribution in [2.24, 2.45) is 11.8 Å². The van der Waals surface area contributed by atoms with Crippen molar-refractivity contribution < 1.29 is 44.3 Å². The highest BCUT2D eigenvalue weighted by atomic mass is 16.6. The molecule has 5 atom stereocenters. The molecule has 5 aliphatic rings. The number of carbonyl (C=O) groups excluding carboxylic acids is 2. The highest BCUT2D eigenvalue weighted by Crippen LogP contribution is 2.68. The third-order valence-corrected chi connectivity index (χ3v) is 9.40. The fourth-order valence-corrected chi connectivity index (χ4v) is 7.20. The standard InChI is InChI=1S/C33H38O9/c1-15(2)8-9-19-25(35)20(14-22(34)16(3)4)28-24(26(19)36)27(37)21-12-18-13-23-31(6,7)42-32(29(18)38,33(21,23)41-28)11-10-17(5)30(39)40/h8,10,12,18,22-23,34-36H,3,9,11,13-14H2,1-2,4-7H3,(H,39,40). The van der Waals surface area contributed by atoms with Gasteiger partial charge >= 0.3 is 5.97 Å². The third kappa shape index (κ3) is 3.93. The van der Waals surface area contributed by atoms with Gasteiger partial charge in [-0.2, -0.15) is 0 Å². The van der Waals surface area contributed by atoms with Crippen LogP contribution in [0.25, 0.3) is 0 Å². The van der Waals surface area contributed by atoms with Crippen LogP contribution in [-0.2, 0) is 27.2 Å². The Bertz CT molecular complexity index is 1540. The smallest absolute Gasteiger partial charge is 0.330 e. The summed E-state index contributed by atoms with van der Waals surface area (Å²) in [5.41, 5.74) is -2.68. The summed E-state index contributed by atoms with van der Waals surface area (Å²) in [5.74, 6) is -4.02. The molecule has 1 aromatic carbocycles. The molecule has 2 aliphatic heterocycles. The number of carbonyl (C=O) groups is 3. The summed E-state index contributed by atoms with van der Waals surface area (Å²) >= 11 is 0. The maximum atomic E-state index is 14.5. The monoisotopic (exact) mass is 578 g/mol. The summed E-state index contributed by atoms with van der Waals surface area (Å²) in [6.45, 7) is 14.2. The van der Waals surface area contributed by atoms with E-state index in [1.165, 1.54) is 13.0 Å². The normalized spacial score (nSPS) is 29.3. The second kappa shape index (κ2) is 9.67. The number of aliphatic hydroxyl groups excluding tert-OH is 1.